The number of benzene rings is 1. The summed E-state index contributed by atoms with van der Waals surface area (Å²) in [6.45, 7) is 2.81. The third-order valence-electron chi connectivity index (χ3n) is 3.50. The first kappa shape index (κ1) is 13.2. The summed E-state index contributed by atoms with van der Waals surface area (Å²) in [6.07, 6.45) is -4.29. The maximum absolute atomic E-state index is 13.2. The van der Waals surface area contributed by atoms with Gasteiger partial charge in [-0.15, -0.1) is 0 Å². The first-order valence-electron chi connectivity index (χ1n) is 5.62. The zero-order valence-electron chi connectivity index (χ0n) is 10.5. The zero-order chi connectivity index (χ0) is 13.6. The highest BCUT2D eigenvalue weighted by molar-refractivity contribution is 5.46. The Hall–Kier alpha value is -1.23. The summed E-state index contributed by atoms with van der Waals surface area (Å²) in [4.78, 5) is 0. The van der Waals surface area contributed by atoms with Crippen molar-refractivity contribution >= 4 is 0 Å². The highest BCUT2D eigenvalue weighted by atomic mass is 19.4. The van der Waals surface area contributed by atoms with E-state index in [4.69, 9.17) is 9.47 Å². The molecule has 0 atom stereocenters. The summed E-state index contributed by atoms with van der Waals surface area (Å²) in [5.74, 6) is 0.605. The molecule has 0 spiro atoms. The Kier molecular flexibility index (Phi) is 3.05. The Labute approximate surface area is 104 Å². The van der Waals surface area contributed by atoms with Crippen molar-refractivity contribution in [3.05, 3.63) is 28.8 Å². The molecule has 18 heavy (non-hydrogen) atoms. The lowest BCUT2D eigenvalue weighted by atomic mass is 9.75. The number of hydrogen-bond donors (Lipinski definition) is 0. The largest absolute Gasteiger partial charge is 0.496 e. The number of aryl methyl sites for hydroxylation is 2. The van der Waals surface area contributed by atoms with Crippen molar-refractivity contribution < 1.29 is 22.6 Å². The van der Waals surface area contributed by atoms with E-state index in [0.29, 0.717) is 22.4 Å². The molecule has 0 aliphatic carbocycles. The number of alkyl halides is 3. The van der Waals surface area contributed by atoms with E-state index < -0.39 is 11.6 Å². The first-order valence-corrected chi connectivity index (χ1v) is 5.62. The molecule has 1 saturated heterocycles. The third-order valence-corrected chi connectivity index (χ3v) is 3.50. The summed E-state index contributed by atoms with van der Waals surface area (Å²) in [5, 5.41) is 0. The van der Waals surface area contributed by atoms with Crippen LogP contribution in [0.2, 0.25) is 0 Å². The number of halogens is 3. The normalized spacial score (nSPS) is 18.3. The van der Waals surface area contributed by atoms with Gasteiger partial charge in [0.25, 0.3) is 0 Å². The van der Waals surface area contributed by atoms with Crippen molar-refractivity contribution in [2.24, 2.45) is 0 Å². The Morgan fingerprint density at radius 1 is 1.17 bits per heavy atom. The molecule has 1 aliphatic heterocycles. The average molecular weight is 260 g/mol. The summed E-state index contributed by atoms with van der Waals surface area (Å²) in [5.41, 5.74) is -0.278. The molecular formula is C13H15F3O2. The molecule has 1 aliphatic rings. The van der Waals surface area contributed by atoms with Gasteiger partial charge in [-0.05, 0) is 36.6 Å². The molecule has 1 fully saturated rings. The van der Waals surface area contributed by atoms with Crippen LogP contribution in [0, 0.1) is 13.8 Å². The molecule has 0 bridgehead atoms. The van der Waals surface area contributed by atoms with Gasteiger partial charge < -0.3 is 9.47 Å². The van der Waals surface area contributed by atoms with Crippen LogP contribution in [0.5, 0.6) is 5.75 Å². The van der Waals surface area contributed by atoms with Gasteiger partial charge in [-0.25, -0.2) is 0 Å². The van der Waals surface area contributed by atoms with Crippen molar-refractivity contribution in [1.29, 1.82) is 0 Å². The number of ether oxygens (including phenoxy) is 2. The van der Waals surface area contributed by atoms with Crippen molar-refractivity contribution in [3.8, 4) is 5.75 Å². The molecule has 1 aromatic rings. The van der Waals surface area contributed by atoms with Crippen molar-refractivity contribution in [2.45, 2.75) is 25.4 Å². The van der Waals surface area contributed by atoms with E-state index in [1.165, 1.54) is 7.11 Å². The van der Waals surface area contributed by atoms with Gasteiger partial charge in [0.15, 0.2) is 0 Å². The zero-order valence-corrected chi connectivity index (χ0v) is 10.5. The maximum atomic E-state index is 13.2. The molecule has 0 unspecified atom stereocenters. The SMILES string of the molecule is COc1cc(C)c(C2(C(F)(F)F)COC2)cc1C. The van der Waals surface area contributed by atoms with E-state index in [2.05, 4.69) is 0 Å². The molecule has 0 aromatic heterocycles. The van der Waals surface area contributed by atoms with Crippen LogP contribution < -0.4 is 4.74 Å². The Morgan fingerprint density at radius 2 is 1.78 bits per heavy atom. The molecule has 100 valence electrons. The fourth-order valence-corrected chi connectivity index (χ4v) is 2.30. The molecule has 0 N–H and O–H groups in total. The standard InChI is InChI=1S/C13H15F3O2/c1-8-5-11(17-3)9(2)4-10(8)12(6-18-7-12)13(14,15)16/h4-5H,6-7H2,1-3H3. The minimum absolute atomic E-state index is 0.291. The Morgan fingerprint density at radius 3 is 2.17 bits per heavy atom. The number of methoxy groups -OCH3 is 1. The molecule has 5 heteroatoms. The molecule has 0 amide bonds. The monoisotopic (exact) mass is 260 g/mol. The summed E-state index contributed by atoms with van der Waals surface area (Å²) < 4.78 is 49.6. The van der Waals surface area contributed by atoms with E-state index in [-0.39, 0.29) is 13.2 Å². The van der Waals surface area contributed by atoms with Gasteiger partial charge in [0.2, 0.25) is 0 Å². The van der Waals surface area contributed by atoms with Gasteiger partial charge >= 0.3 is 6.18 Å². The molecule has 1 heterocycles. The highest BCUT2D eigenvalue weighted by Crippen LogP contribution is 2.48. The van der Waals surface area contributed by atoms with Crippen LogP contribution in [-0.4, -0.2) is 26.5 Å². The van der Waals surface area contributed by atoms with Gasteiger partial charge in [-0.1, -0.05) is 6.07 Å². The predicted molar refractivity (Wildman–Crippen MR) is 61.0 cm³/mol. The molecule has 2 nitrogen and oxygen atoms in total. The van der Waals surface area contributed by atoms with Crippen molar-refractivity contribution in [3.63, 3.8) is 0 Å². The highest BCUT2D eigenvalue weighted by Gasteiger charge is 2.61. The Bertz CT molecular complexity index is 462. The molecular weight excluding hydrogens is 245 g/mol. The van der Waals surface area contributed by atoms with Crippen LogP contribution in [0.1, 0.15) is 16.7 Å². The number of hydrogen-bond acceptors (Lipinski definition) is 2. The van der Waals surface area contributed by atoms with E-state index in [0.717, 1.165) is 0 Å². The van der Waals surface area contributed by atoms with Gasteiger partial charge in [0, 0.05) is 0 Å². The van der Waals surface area contributed by atoms with Crippen LogP contribution in [-0.2, 0) is 10.2 Å². The van der Waals surface area contributed by atoms with E-state index in [1.54, 1.807) is 26.0 Å². The summed E-state index contributed by atoms with van der Waals surface area (Å²) in [6, 6.07) is 3.21. The van der Waals surface area contributed by atoms with E-state index >= 15 is 0 Å². The predicted octanol–water partition coefficient (Wildman–Crippen LogP) is 3.14. The lowest BCUT2D eigenvalue weighted by Crippen LogP contribution is -2.57. The van der Waals surface area contributed by atoms with E-state index in [9.17, 15) is 13.2 Å². The quantitative estimate of drug-likeness (QED) is 0.813. The summed E-state index contributed by atoms with van der Waals surface area (Å²) >= 11 is 0. The topological polar surface area (TPSA) is 18.5 Å². The minimum Gasteiger partial charge on any atom is -0.496 e. The van der Waals surface area contributed by atoms with Crippen LogP contribution in [0.15, 0.2) is 12.1 Å². The lowest BCUT2D eigenvalue weighted by Gasteiger charge is -2.44. The number of rotatable bonds is 2. The van der Waals surface area contributed by atoms with Crippen LogP contribution in [0.3, 0.4) is 0 Å². The summed E-state index contributed by atoms with van der Waals surface area (Å²) in [7, 11) is 1.51. The van der Waals surface area contributed by atoms with Crippen LogP contribution in [0.25, 0.3) is 0 Å². The van der Waals surface area contributed by atoms with Gasteiger partial charge in [-0.2, -0.15) is 13.2 Å². The smallest absolute Gasteiger partial charge is 0.402 e. The van der Waals surface area contributed by atoms with Crippen LogP contribution >= 0.6 is 0 Å². The van der Waals surface area contributed by atoms with E-state index in [1.807, 2.05) is 0 Å². The third kappa shape index (κ3) is 1.77. The molecule has 0 radical (unpaired) electrons. The first-order chi connectivity index (χ1) is 8.32. The fourth-order valence-electron chi connectivity index (χ4n) is 2.30. The average Bonchev–Trinajstić information content (AvgIpc) is 2.18. The van der Waals surface area contributed by atoms with Crippen molar-refractivity contribution in [1.82, 2.24) is 0 Å². The maximum Gasteiger partial charge on any atom is 0.402 e. The van der Waals surface area contributed by atoms with Crippen LogP contribution in [0.4, 0.5) is 13.2 Å². The Balaban J connectivity index is 2.54. The van der Waals surface area contributed by atoms with Crippen molar-refractivity contribution in [2.75, 3.05) is 20.3 Å². The van der Waals surface area contributed by atoms with Gasteiger partial charge in [-0.3, -0.25) is 0 Å². The second-order valence-corrected chi connectivity index (χ2v) is 4.71. The fraction of sp³-hybridized carbons (Fsp3) is 0.538. The minimum atomic E-state index is -4.29. The second-order valence-electron chi connectivity index (χ2n) is 4.71. The lowest BCUT2D eigenvalue weighted by molar-refractivity contribution is -0.262. The van der Waals surface area contributed by atoms with Gasteiger partial charge in [0.05, 0.1) is 20.3 Å². The molecule has 0 saturated carbocycles. The van der Waals surface area contributed by atoms with Gasteiger partial charge in [0.1, 0.15) is 11.2 Å². The molecule has 1 aromatic carbocycles. The second kappa shape index (κ2) is 4.16. The molecule has 2 rings (SSSR count).